The summed E-state index contributed by atoms with van der Waals surface area (Å²) in [6.45, 7) is 2.48. The zero-order chi connectivity index (χ0) is 19.0. The van der Waals surface area contributed by atoms with Crippen molar-refractivity contribution in [2.24, 2.45) is 0 Å². The molecule has 1 atom stereocenters. The first-order valence-electron chi connectivity index (χ1n) is 7.98. The van der Waals surface area contributed by atoms with Crippen LogP contribution in [-0.4, -0.2) is 22.5 Å². The number of nitrogens with one attached hydrogen (secondary N) is 2. The lowest BCUT2D eigenvalue weighted by Gasteiger charge is -2.27. The van der Waals surface area contributed by atoms with Gasteiger partial charge in [-0.25, -0.2) is 0 Å². The first-order valence-corrected chi connectivity index (χ1v) is 9.11. The number of anilines is 1. The number of hydrogen-bond donors (Lipinski definition) is 2. The van der Waals surface area contributed by atoms with Gasteiger partial charge >= 0.3 is 0 Å². The third-order valence-corrected chi connectivity index (χ3v) is 3.97. The second kappa shape index (κ2) is 9.72. The largest absolute Gasteiger partial charge is 0.494 e. The molecule has 0 fully saturated rings. The Labute approximate surface area is 168 Å². The molecule has 138 valence electrons. The van der Waals surface area contributed by atoms with Gasteiger partial charge in [-0.3, -0.25) is 4.79 Å². The third kappa shape index (κ3) is 6.79. The van der Waals surface area contributed by atoms with E-state index in [1.54, 1.807) is 30.3 Å². The Morgan fingerprint density at radius 1 is 1.12 bits per heavy atom. The predicted octanol–water partition coefficient (Wildman–Crippen LogP) is 5.02. The van der Waals surface area contributed by atoms with E-state index in [1.165, 1.54) is 6.08 Å². The average Bonchev–Trinajstić information content (AvgIpc) is 2.61. The first kappa shape index (κ1) is 20.4. The van der Waals surface area contributed by atoms with Crippen LogP contribution in [0.25, 0.3) is 6.08 Å². The van der Waals surface area contributed by atoms with Crippen LogP contribution in [0.5, 0.6) is 5.75 Å². The Morgan fingerprint density at radius 2 is 1.77 bits per heavy atom. The van der Waals surface area contributed by atoms with E-state index >= 15 is 0 Å². The van der Waals surface area contributed by atoms with Gasteiger partial charge in [0.1, 0.15) is 11.9 Å². The number of carbonyl (C=O) groups is 1. The zero-order valence-electron chi connectivity index (χ0n) is 14.1. The van der Waals surface area contributed by atoms with Crippen molar-refractivity contribution in [1.82, 2.24) is 5.32 Å². The second-order valence-corrected chi connectivity index (χ2v) is 7.70. The highest BCUT2D eigenvalue weighted by Gasteiger charge is 2.33. The van der Waals surface area contributed by atoms with Gasteiger partial charge in [-0.15, -0.1) is 0 Å². The molecule has 26 heavy (non-hydrogen) atoms. The Balaban J connectivity index is 2.03. The van der Waals surface area contributed by atoms with Crippen LogP contribution in [0.4, 0.5) is 5.69 Å². The number of ether oxygens (including phenoxy) is 1. The molecule has 2 aromatic carbocycles. The highest BCUT2D eigenvalue weighted by Crippen LogP contribution is 2.31. The van der Waals surface area contributed by atoms with Crippen LogP contribution >= 0.6 is 34.8 Å². The third-order valence-electron chi connectivity index (χ3n) is 3.32. The lowest BCUT2D eigenvalue weighted by Crippen LogP contribution is -2.48. The van der Waals surface area contributed by atoms with Gasteiger partial charge in [0.15, 0.2) is 0 Å². The molecule has 0 aromatic heterocycles. The van der Waals surface area contributed by atoms with Gasteiger partial charge in [-0.2, -0.15) is 0 Å². The van der Waals surface area contributed by atoms with Crippen LogP contribution in [0, 0.1) is 0 Å². The van der Waals surface area contributed by atoms with E-state index in [9.17, 15) is 4.79 Å². The van der Waals surface area contributed by atoms with E-state index in [1.807, 2.05) is 37.3 Å². The molecule has 0 aliphatic carbocycles. The first-order chi connectivity index (χ1) is 12.4. The highest BCUT2D eigenvalue weighted by molar-refractivity contribution is 6.68. The molecule has 4 nitrogen and oxygen atoms in total. The van der Waals surface area contributed by atoms with Gasteiger partial charge in [-0.05, 0) is 42.8 Å². The average molecular weight is 414 g/mol. The quantitative estimate of drug-likeness (QED) is 0.380. The maximum atomic E-state index is 12.2. The number of benzene rings is 2. The lowest BCUT2D eigenvalue weighted by molar-refractivity contribution is -0.116. The summed E-state index contributed by atoms with van der Waals surface area (Å²) in [5.74, 6) is 0.349. The molecule has 0 saturated heterocycles. The fourth-order valence-electron chi connectivity index (χ4n) is 2.11. The van der Waals surface area contributed by atoms with Gasteiger partial charge in [0.2, 0.25) is 9.70 Å². The Morgan fingerprint density at radius 3 is 2.35 bits per heavy atom. The Bertz CT molecular complexity index is 729. The number of halogens is 3. The standard InChI is InChI=1S/C19H19Cl3N2O2/c1-2-26-16-11-9-15(10-12-16)23-18(19(20,21)22)24-17(25)13-8-14-6-4-3-5-7-14/h3-13,18,23H,2H2,1H3,(H,24,25)/b13-8+/t18-/m1/s1. The van der Waals surface area contributed by atoms with Gasteiger partial charge in [0, 0.05) is 11.8 Å². The Kier molecular flexibility index (Phi) is 7.64. The van der Waals surface area contributed by atoms with Crippen LogP contribution < -0.4 is 15.4 Å². The summed E-state index contributed by atoms with van der Waals surface area (Å²) in [4.78, 5) is 12.2. The smallest absolute Gasteiger partial charge is 0.245 e. The van der Waals surface area contributed by atoms with Crippen molar-refractivity contribution in [1.29, 1.82) is 0 Å². The normalized spacial score (nSPS) is 12.6. The minimum Gasteiger partial charge on any atom is -0.494 e. The van der Waals surface area contributed by atoms with E-state index in [2.05, 4.69) is 10.6 Å². The van der Waals surface area contributed by atoms with Crippen molar-refractivity contribution in [3.05, 3.63) is 66.2 Å². The summed E-state index contributed by atoms with van der Waals surface area (Å²) in [7, 11) is 0. The van der Waals surface area contributed by atoms with E-state index in [4.69, 9.17) is 39.5 Å². The van der Waals surface area contributed by atoms with Crippen molar-refractivity contribution in [2.75, 3.05) is 11.9 Å². The number of alkyl halides is 3. The summed E-state index contributed by atoms with van der Waals surface area (Å²) >= 11 is 18.0. The van der Waals surface area contributed by atoms with Crippen LogP contribution in [0.1, 0.15) is 12.5 Å². The minimum atomic E-state index is -1.74. The van der Waals surface area contributed by atoms with E-state index in [0.717, 1.165) is 11.3 Å². The van der Waals surface area contributed by atoms with Gasteiger partial charge in [-0.1, -0.05) is 65.1 Å². The molecule has 0 unspecified atom stereocenters. The molecule has 0 radical (unpaired) electrons. The predicted molar refractivity (Wildman–Crippen MR) is 109 cm³/mol. The molecule has 7 heteroatoms. The highest BCUT2D eigenvalue weighted by atomic mass is 35.6. The number of hydrogen-bond acceptors (Lipinski definition) is 3. The van der Waals surface area contributed by atoms with Crippen molar-refractivity contribution < 1.29 is 9.53 Å². The molecule has 0 spiro atoms. The van der Waals surface area contributed by atoms with Gasteiger partial charge in [0.25, 0.3) is 0 Å². The molecule has 0 bridgehead atoms. The minimum absolute atomic E-state index is 0.386. The van der Waals surface area contributed by atoms with Crippen LogP contribution in [0.15, 0.2) is 60.7 Å². The molecule has 2 aromatic rings. The molecule has 2 rings (SSSR count). The van der Waals surface area contributed by atoms with E-state index < -0.39 is 9.96 Å². The summed E-state index contributed by atoms with van der Waals surface area (Å²) in [6, 6.07) is 16.6. The number of amides is 1. The summed E-state index contributed by atoms with van der Waals surface area (Å²) in [5.41, 5.74) is 1.57. The van der Waals surface area contributed by atoms with Gasteiger partial charge in [0.05, 0.1) is 6.61 Å². The molecule has 1 amide bonds. The fraction of sp³-hybridized carbons (Fsp3) is 0.211. The molecule has 0 aliphatic rings. The van der Waals surface area contributed by atoms with E-state index in [0.29, 0.717) is 12.3 Å². The maximum absolute atomic E-state index is 12.2. The topological polar surface area (TPSA) is 50.4 Å². The Hall–Kier alpha value is -1.88. The molecular weight excluding hydrogens is 395 g/mol. The summed E-state index contributed by atoms with van der Waals surface area (Å²) in [5, 5.41) is 5.65. The summed E-state index contributed by atoms with van der Waals surface area (Å²) < 4.78 is 3.65. The van der Waals surface area contributed by atoms with Gasteiger partial charge < -0.3 is 15.4 Å². The molecule has 0 saturated carbocycles. The molecular formula is C19H19Cl3N2O2. The van der Waals surface area contributed by atoms with Crippen molar-refractivity contribution in [3.63, 3.8) is 0 Å². The SMILES string of the molecule is CCOc1ccc(N[C@H](NC(=O)/C=C/c2ccccc2)C(Cl)(Cl)Cl)cc1. The second-order valence-electron chi connectivity index (χ2n) is 5.33. The zero-order valence-corrected chi connectivity index (χ0v) is 16.4. The van der Waals surface area contributed by atoms with Crippen LogP contribution in [0.2, 0.25) is 0 Å². The molecule has 0 heterocycles. The lowest BCUT2D eigenvalue weighted by atomic mass is 10.2. The van der Waals surface area contributed by atoms with Crippen molar-refractivity contribution in [2.45, 2.75) is 16.9 Å². The maximum Gasteiger partial charge on any atom is 0.245 e. The molecule has 0 aliphatic heterocycles. The van der Waals surface area contributed by atoms with Crippen molar-refractivity contribution in [3.8, 4) is 5.75 Å². The van der Waals surface area contributed by atoms with Crippen molar-refractivity contribution >= 4 is 52.5 Å². The van der Waals surface area contributed by atoms with E-state index in [-0.39, 0.29) is 5.91 Å². The monoisotopic (exact) mass is 412 g/mol. The van der Waals surface area contributed by atoms with Crippen LogP contribution in [-0.2, 0) is 4.79 Å². The number of rotatable bonds is 7. The molecule has 2 N–H and O–H groups in total. The fourth-order valence-corrected chi connectivity index (χ4v) is 2.43. The van der Waals surface area contributed by atoms with Crippen LogP contribution in [0.3, 0.4) is 0 Å². The number of carbonyl (C=O) groups excluding carboxylic acids is 1. The summed E-state index contributed by atoms with van der Waals surface area (Å²) in [6.07, 6.45) is 2.15.